The Morgan fingerprint density at radius 3 is 1.30 bits per heavy atom. The standard InChI is InChI=1S/C33H61NO6/c1-2-3-4-5-6-7-8-9-10-11-12-13-14-15-16-17-18-19-20-27-34(28-21-24-31(35)36,29-22-25-32(37)38)30-23-26-33(39)40/h18-19H,2-17,20-30H2,1H3,(H2-,35,36,37,38,39,40)/b19-18+. The van der Waals surface area contributed by atoms with Crippen LogP contribution in [0.2, 0.25) is 0 Å². The topological polar surface area (TPSA) is 115 Å². The Balaban J connectivity index is 4.19. The third-order valence-corrected chi connectivity index (χ3v) is 7.97. The fraction of sp³-hybridized carbons (Fsp3) is 0.848. The van der Waals surface area contributed by atoms with Gasteiger partial charge in [0.2, 0.25) is 0 Å². The van der Waals surface area contributed by atoms with Crippen LogP contribution < -0.4 is 5.11 Å². The molecule has 0 heterocycles. The summed E-state index contributed by atoms with van der Waals surface area (Å²) in [6, 6.07) is 0. The van der Waals surface area contributed by atoms with Gasteiger partial charge in [-0.2, -0.15) is 0 Å². The zero-order valence-corrected chi connectivity index (χ0v) is 25.7. The number of unbranched alkanes of at least 4 members (excludes halogenated alkanes) is 15. The van der Waals surface area contributed by atoms with Crippen molar-refractivity contribution in [2.45, 2.75) is 155 Å². The van der Waals surface area contributed by atoms with E-state index in [1.165, 1.54) is 96.3 Å². The predicted molar refractivity (Wildman–Crippen MR) is 161 cm³/mol. The Morgan fingerprint density at radius 1 is 0.525 bits per heavy atom. The van der Waals surface area contributed by atoms with E-state index in [9.17, 15) is 19.5 Å². The summed E-state index contributed by atoms with van der Waals surface area (Å²) >= 11 is 0. The predicted octanol–water partition coefficient (Wildman–Crippen LogP) is 7.27. The minimum absolute atomic E-state index is 0.0348. The van der Waals surface area contributed by atoms with Gasteiger partial charge in [-0.05, 0) is 19.3 Å². The van der Waals surface area contributed by atoms with E-state index in [1.54, 1.807) is 0 Å². The highest BCUT2D eigenvalue weighted by atomic mass is 16.4. The number of allylic oxidation sites excluding steroid dienone is 1. The van der Waals surface area contributed by atoms with Crippen LogP contribution in [0.3, 0.4) is 0 Å². The van der Waals surface area contributed by atoms with Gasteiger partial charge in [-0.25, -0.2) is 0 Å². The number of rotatable bonds is 31. The molecular weight excluding hydrogens is 506 g/mol. The lowest BCUT2D eigenvalue weighted by Gasteiger charge is -2.39. The SMILES string of the molecule is CCCCCCCCCCCCCCCCC/C=C/CC[N+](CCCC(=O)[O-])(CCCC(=O)O)CCCC(=O)O. The molecule has 40 heavy (non-hydrogen) atoms. The molecule has 0 bridgehead atoms. The maximum Gasteiger partial charge on any atom is 0.303 e. The molecule has 7 nitrogen and oxygen atoms in total. The first-order chi connectivity index (χ1) is 19.3. The number of carboxylic acids is 3. The van der Waals surface area contributed by atoms with Crippen molar-refractivity contribution in [3.63, 3.8) is 0 Å². The van der Waals surface area contributed by atoms with Gasteiger partial charge in [-0.15, -0.1) is 0 Å². The molecule has 0 aromatic carbocycles. The minimum atomic E-state index is -1.09. The first-order valence-electron chi connectivity index (χ1n) is 16.4. The molecule has 0 aromatic heterocycles. The zero-order chi connectivity index (χ0) is 29.7. The molecule has 0 aliphatic heterocycles. The van der Waals surface area contributed by atoms with Crippen LogP contribution in [0.25, 0.3) is 0 Å². The number of nitrogens with zero attached hydrogens (tertiary/aromatic N) is 1. The molecule has 7 heteroatoms. The maximum absolute atomic E-state index is 11.1. The molecule has 0 atom stereocenters. The first kappa shape index (κ1) is 38.1. The molecule has 234 valence electrons. The second-order valence-electron chi connectivity index (χ2n) is 11.7. The van der Waals surface area contributed by atoms with Crippen LogP contribution in [-0.2, 0) is 14.4 Å². The number of carboxylic acid groups (broad SMARTS) is 3. The van der Waals surface area contributed by atoms with Crippen LogP contribution in [0, 0.1) is 0 Å². The number of aliphatic carboxylic acids is 3. The van der Waals surface area contributed by atoms with Crippen LogP contribution >= 0.6 is 0 Å². The first-order valence-corrected chi connectivity index (χ1v) is 16.4. The maximum atomic E-state index is 11.1. The lowest BCUT2D eigenvalue weighted by molar-refractivity contribution is -0.928. The van der Waals surface area contributed by atoms with Gasteiger partial charge in [0.15, 0.2) is 0 Å². The fourth-order valence-electron chi connectivity index (χ4n) is 5.58. The summed E-state index contributed by atoms with van der Waals surface area (Å²) in [4.78, 5) is 33.1. The molecule has 2 N–H and O–H groups in total. The smallest absolute Gasteiger partial charge is 0.303 e. The summed E-state index contributed by atoms with van der Waals surface area (Å²) < 4.78 is 0.567. The molecule has 0 aliphatic rings. The summed E-state index contributed by atoms with van der Waals surface area (Å²) in [6.07, 6.45) is 28.2. The number of hydrogen-bond donors (Lipinski definition) is 2. The monoisotopic (exact) mass is 567 g/mol. The van der Waals surface area contributed by atoms with Crippen molar-refractivity contribution in [3.05, 3.63) is 12.2 Å². The van der Waals surface area contributed by atoms with Crippen LogP contribution in [0.1, 0.15) is 155 Å². The van der Waals surface area contributed by atoms with E-state index in [2.05, 4.69) is 19.1 Å². The zero-order valence-electron chi connectivity index (χ0n) is 25.7. The van der Waals surface area contributed by atoms with Gasteiger partial charge in [0.05, 0.1) is 39.0 Å². The van der Waals surface area contributed by atoms with E-state index in [1.807, 2.05) is 0 Å². The van der Waals surface area contributed by atoms with Gasteiger partial charge >= 0.3 is 11.9 Å². The van der Waals surface area contributed by atoms with Crippen molar-refractivity contribution in [3.8, 4) is 0 Å². The molecule has 0 aliphatic carbocycles. The molecule has 0 fully saturated rings. The van der Waals surface area contributed by atoms with Crippen molar-refractivity contribution in [2.75, 3.05) is 26.2 Å². The number of quaternary nitrogens is 1. The second kappa shape index (κ2) is 27.3. The highest BCUT2D eigenvalue weighted by molar-refractivity contribution is 5.66. The van der Waals surface area contributed by atoms with Gasteiger partial charge in [-0.1, -0.05) is 109 Å². The number of carbonyl (C=O) groups excluding carboxylic acids is 1. The van der Waals surface area contributed by atoms with Crippen molar-refractivity contribution >= 4 is 17.9 Å². The van der Waals surface area contributed by atoms with Crippen LogP contribution in [0.4, 0.5) is 0 Å². The summed E-state index contributed by atoms with van der Waals surface area (Å²) in [5.74, 6) is -2.78. The van der Waals surface area contributed by atoms with Gasteiger partial charge < -0.3 is 24.6 Å². The van der Waals surface area contributed by atoms with Crippen molar-refractivity contribution in [1.82, 2.24) is 0 Å². The van der Waals surface area contributed by atoms with E-state index in [4.69, 9.17) is 10.2 Å². The van der Waals surface area contributed by atoms with Crippen LogP contribution in [-0.4, -0.2) is 58.8 Å². The molecular formula is C33H61NO6. The molecule has 0 saturated heterocycles. The fourth-order valence-corrected chi connectivity index (χ4v) is 5.58. The van der Waals surface area contributed by atoms with Crippen LogP contribution in [0.15, 0.2) is 12.2 Å². The molecule has 0 amide bonds. The van der Waals surface area contributed by atoms with E-state index in [-0.39, 0.29) is 19.3 Å². The van der Waals surface area contributed by atoms with Gasteiger partial charge in [-0.3, -0.25) is 9.59 Å². The van der Waals surface area contributed by atoms with E-state index < -0.39 is 17.9 Å². The van der Waals surface area contributed by atoms with Gasteiger partial charge in [0.1, 0.15) is 0 Å². The molecule has 0 aromatic rings. The third-order valence-electron chi connectivity index (χ3n) is 7.97. The minimum Gasteiger partial charge on any atom is -0.550 e. The molecule has 0 spiro atoms. The quantitative estimate of drug-likeness (QED) is 0.0517. The van der Waals surface area contributed by atoms with Crippen LogP contribution in [0.5, 0.6) is 0 Å². The summed E-state index contributed by atoms with van der Waals surface area (Å²) in [6.45, 7) is 4.86. The number of carbonyl (C=O) groups is 3. The third kappa shape index (κ3) is 26.3. The Kier molecular flexibility index (Phi) is 26.0. The number of hydrogen-bond acceptors (Lipinski definition) is 4. The second-order valence-corrected chi connectivity index (χ2v) is 11.7. The Bertz CT molecular complexity index is 613. The highest BCUT2D eigenvalue weighted by Gasteiger charge is 2.26. The summed E-state index contributed by atoms with van der Waals surface area (Å²) in [7, 11) is 0. The molecule has 0 unspecified atom stereocenters. The lowest BCUT2D eigenvalue weighted by Crippen LogP contribution is -2.51. The Morgan fingerprint density at radius 2 is 0.900 bits per heavy atom. The lowest BCUT2D eigenvalue weighted by atomic mass is 10.0. The average Bonchev–Trinajstić information content (AvgIpc) is 2.89. The Labute approximate surface area is 245 Å². The van der Waals surface area contributed by atoms with E-state index in [0.29, 0.717) is 43.4 Å². The normalized spacial score (nSPS) is 11.8. The largest absolute Gasteiger partial charge is 0.550 e. The van der Waals surface area contributed by atoms with Gasteiger partial charge in [0.25, 0.3) is 0 Å². The highest BCUT2D eigenvalue weighted by Crippen LogP contribution is 2.17. The van der Waals surface area contributed by atoms with E-state index in [0.717, 1.165) is 19.4 Å². The van der Waals surface area contributed by atoms with E-state index >= 15 is 0 Å². The van der Waals surface area contributed by atoms with Crippen molar-refractivity contribution < 1.29 is 34.2 Å². The van der Waals surface area contributed by atoms with Crippen molar-refractivity contribution in [1.29, 1.82) is 0 Å². The molecule has 0 rings (SSSR count). The molecule has 0 radical (unpaired) electrons. The van der Waals surface area contributed by atoms with Gasteiger partial charge in [0, 0.05) is 31.7 Å². The summed E-state index contributed by atoms with van der Waals surface area (Å²) in [5.41, 5.74) is 0. The Hall–Kier alpha value is -1.89. The average molecular weight is 568 g/mol. The summed E-state index contributed by atoms with van der Waals surface area (Å²) in [5, 5.41) is 29.1. The van der Waals surface area contributed by atoms with Crippen molar-refractivity contribution in [2.24, 2.45) is 0 Å². The molecule has 0 saturated carbocycles.